The summed E-state index contributed by atoms with van der Waals surface area (Å²) in [5.74, 6) is 0.0349. The summed E-state index contributed by atoms with van der Waals surface area (Å²) in [7, 11) is 3.66. The first-order chi connectivity index (χ1) is 24.3. The van der Waals surface area contributed by atoms with E-state index in [2.05, 4.69) is 23.4 Å². The van der Waals surface area contributed by atoms with Gasteiger partial charge in [-0.2, -0.15) is 0 Å². The molecule has 1 N–H and O–H groups in total. The molecule has 0 amide bonds. The highest BCUT2D eigenvalue weighted by atomic mass is 19.1. The molecule has 2 unspecified atom stereocenters. The van der Waals surface area contributed by atoms with E-state index in [9.17, 15) is 19.5 Å². The van der Waals surface area contributed by atoms with Gasteiger partial charge in [-0.15, -0.1) is 0 Å². The van der Waals surface area contributed by atoms with Crippen LogP contribution in [-0.4, -0.2) is 113 Å². The van der Waals surface area contributed by atoms with Gasteiger partial charge in [0, 0.05) is 35.9 Å². The number of rotatable bonds is 6. The molecule has 4 rings (SSSR count). The number of likely N-dealkylation sites (N-methyl/N-ethyl adjacent to an activating group) is 1. The van der Waals surface area contributed by atoms with Gasteiger partial charge in [-0.05, 0) is 84.7 Å². The van der Waals surface area contributed by atoms with Crippen molar-refractivity contribution in [1.82, 2.24) is 9.88 Å². The maximum atomic E-state index is 16.8. The molecule has 0 aromatic carbocycles. The number of ether oxygens (including phenoxy) is 5. The van der Waals surface area contributed by atoms with E-state index in [1.54, 1.807) is 59.0 Å². The van der Waals surface area contributed by atoms with Gasteiger partial charge < -0.3 is 33.7 Å². The first-order valence-electron chi connectivity index (χ1n) is 18.3. The number of fused-ring (bicyclic) bond motifs is 1. The van der Waals surface area contributed by atoms with Crippen LogP contribution in [0.1, 0.15) is 80.3 Å². The topological polar surface area (TPSA) is 134 Å². The summed E-state index contributed by atoms with van der Waals surface area (Å²) >= 11 is 0. The largest absolute Gasteiger partial charge is 0.457 e. The maximum Gasteiger partial charge on any atom is 0.351 e. The Morgan fingerprint density at radius 2 is 1.81 bits per heavy atom. The molecule has 3 fully saturated rings. The fourth-order valence-corrected chi connectivity index (χ4v) is 8.42. The Hall–Kier alpha value is -3.05. The minimum Gasteiger partial charge on any atom is -0.457 e. The van der Waals surface area contributed by atoms with E-state index < -0.39 is 76.9 Å². The van der Waals surface area contributed by atoms with Crippen LogP contribution in [-0.2, 0) is 38.1 Å². The molecule has 4 heterocycles. The number of aliphatic hydroxyl groups is 1. The molecule has 0 spiro atoms. The molecule has 288 valence electrons. The van der Waals surface area contributed by atoms with Gasteiger partial charge >= 0.3 is 5.97 Å². The van der Waals surface area contributed by atoms with Gasteiger partial charge in [0.05, 0.1) is 24.4 Å². The van der Waals surface area contributed by atoms with Crippen LogP contribution in [0.2, 0.25) is 0 Å². The fraction of sp³-hybridized carbons (Fsp3) is 0.700. The number of aromatic nitrogens is 1. The molecular formula is C40H57FN2O9. The van der Waals surface area contributed by atoms with Gasteiger partial charge in [0.25, 0.3) is 5.67 Å². The zero-order valence-corrected chi connectivity index (χ0v) is 32.3. The number of nitrogens with zero attached hydrogens (tertiary/aromatic N) is 2. The van der Waals surface area contributed by atoms with E-state index in [1.807, 2.05) is 25.9 Å². The molecule has 52 heavy (non-hydrogen) atoms. The van der Waals surface area contributed by atoms with E-state index >= 15 is 4.39 Å². The molecular weight excluding hydrogens is 671 g/mol. The molecule has 11 nitrogen and oxygen atoms in total. The highest BCUT2D eigenvalue weighted by Gasteiger charge is 2.58. The second kappa shape index (κ2) is 16.5. The minimum absolute atomic E-state index is 0.0145. The zero-order valence-electron chi connectivity index (χ0n) is 32.3. The van der Waals surface area contributed by atoms with Gasteiger partial charge in [-0.1, -0.05) is 46.3 Å². The Labute approximate surface area is 307 Å². The van der Waals surface area contributed by atoms with Crippen molar-refractivity contribution in [2.24, 2.45) is 23.7 Å². The third kappa shape index (κ3) is 8.51. The zero-order chi connectivity index (χ0) is 38.8. The monoisotopic (exact) mass is 728 g/mol. The molecule has 13 atom stereocenters. The second-order valence-corrected chi connectivity index (χ2v) is 15.6. The summed E-state index contributed by atoms with van der Waals surface area (Å²) < 4.78 is 48.0. The predicted molar refractivity (Wildman–Crippen MR) is 192 cm³/mol. The number of esters is 1. The van der Waals surface area contributed by atoms with Crippen LogP contribution in [0.15, 0.2) is 36.5 Å². The molecule has 1 aromatic rings. The number of hydrogen-bond donors (Lipinski definition) is 1. The summed E-state index contributed by atoms with van der Waals surface area (Å²) in [6.07, 6.45) is -2.70. The average molecular weight is 729 g/mol. The van der Waals surface area contributed by atoms with Crippen LogP contribution in [0.25, 0.3) is 0 Å². The van der Waals surface area contributed by atoms with Gasteiger partial charge in [-0.3, -0.25) is 9.59 Å². The third-order valence-electron chi connectivity index (χ3n) is 11.3. The standard InChI is InChI=1S/C40H57FN2O9/c1-12-30-40(9)31(24(3)22-49-40)26(5)32(44)23(2)21-38(7,48-19-15-17-28-16-13-14-18-42-28)35(27(6)34(46)39(8,41)37(47)51-30)52-36-33(45)29(43(10)11)20-25(4)50-36/h13-14,16,18,23,25-27,29-31,33,35-36,45H,3,12,19-22H2,1-2,4-11H3/t23-,25-,26?,27+,29+,30-,31+,33-,35-,36+,38-,39?,40-/m1/s1. The number of hydrogen-bond acceptors (Lipinski definition) is 11. The lowest BCUT2D eigenvalue weighted by molar-refractivity contribution is -0.296. The summed E-state index contributed by atoms with van der Waals surface area (Å²) in [6.45, 7) is 17.1. The molecule has 1 aromatic heterocycles. The van der Waals surface area contributed by atoms with Crippen LogP contribution in [0.5, 0.6) is 0 Å². The second-order valence-electron chi connectivity index (χ2n) is 15.6. The molecule has 0 saturated carbocycles. The van der Waals surface area contributed by atoms with Gasteiger partial charge in [-0.25, -0.2) is 14.2 Å². The van der Waals surface area contributed by atoms with Gasteiger partial charge in [0.2, 0.25) is 0 Å². The SMILES string of the molecule is C=C1CO[C@]2(C)[C@@H](CC)OC(=O)C(C)(F)C(=O)[C@H](C)[C@@H](O[C@@H]3O[C@H](C)C[C@H](N(C)C)[C@H]3O)[C@](C)(OCC#Cc3ccccn3)C[C@@H](C)C(=O)C(C)[C@H]12. The van der Waals surface area contributed by atoms with Gasteiger partial charge in [0.1, 0.15) is 35.9 Å². The number of halogens is 1. The first kappa shape index (κ1) is 41.7. The summed E-state index contributed by atoms with van der Waals surface area (Å²) in [5, 5.41) is 11.5. The van der Waals surface area contributed by atoms with Crippen LogP contribution in [0.3, 0.4) is 0 Å². The number of cyclic esters (lactones) is 1. The number of ketones is 2. The van der Waals surface area contributed by atoms with E-state index in [0.717, 1.165) is 6.92 Å². The van der Waals surface area contributed by atoms with E-state index in [4.69, 9.17) is 23.7 Å². The molecule has 12 heteroatoms. The molecule has 0 radical (unpaired) electrons. The normalized spacial score (nSPS) is 40.8. The highest BCUT2D eigenvalue weighted by molar-refractivity contribution is 6.07. The van der Waals surface area contributed by atoms with Crippen LogP contribution in [0, 0.1) is 35.5 Å². The van der Waals surface area contributed by atoms with Crippen molar-refractivity contribution in [3.63, 3.8) is 0 Å². The van der Waals surface area contributed by atoms with Crippen molar-refractivity contribution in [2.75, 3.05) is 27.3 Å². The Bertz CT molecular complexity index is 1530. The van der Waals surface area contributed by atoms with Gasteiger partial charge in [0.15, 0.2) is 12.1 Å². The molecule has 0 aliphatic carbocycles. The Morgan fingerprint density at radius 1 is 1.12 bits per heavy atom. The third-order valence-corrected chi connectivity index (χ3v) is 11.3. The number of carbonyl (C=O) groups excluding carboxylic acids is 3. The van der Waals surface area contributed by atoms with Crippen molar-refractivity contribution in [2.45, 2.75) is 128 Å². The predicted octanol–water partition coefficient (Wildman–Crippen LogP) is 4.48. The van der Waals surface area contributed by atoms with Crippen LogP contribution in [0.4, 0.5) is 4.39 Å². The van der Waals surface area contributed by atoms with Crippen LogP contribution >= 0.6 is 0 Å². The lowest BCUT2D eigenvalue weighted by atomic mass is 9.69. The van der Waals surface area contributed by atoms with E-state index in [0.29, 0.717) is 17.7 Å². The number of aliphatic hydroxyl groups excluding tert-OH is 1. The van der Waals surface area contributed by atoms with Crippen molar-refractivity contribution >= 4 is 17.5 Å². The molecule has 3 aliphatic rings. The molecule has 3 aliphatic heterocycles. The number of alkyl halides is 1. The van der Waals surface area contributed by atoms with Crippen molar-refractivity contribution in [1.29, 1.82) is 0 Å². The number of pyridine rings is 1. The smallest absolute Gasteiger partial charge is 0.351 e. The average Bonchev–Trinajstić information content (AvgIpc) is 3.41. The lowest BCUT2D eigenvalue weighted by Crippen LogP contribution is -2.61. The minimum atomic E-state index is -3.11. The highest BCUT2D eigenvalue weighted by Crippen LogP contribution is 2.47. The Balaban J connectivity index is 1.85. The maximum absolute atomic E-state index is 16.8. The summed E-state index contributed by atoms with van der Waals surface area (Å²) in [4.78, 5) is 48.5. The molecule has 0 bridgehead atoms. The number of carbonyl (C=O) groups is 3. The summed E-state index contributed by atoms with van der Waals surface area (Å²) in [5.41, 5.74) is -4.66. The first-order valence-corrected chi connectivity index (χ1v) is 18.3. The van der Waals surface area contributed by atoms with Crippen LogP contribution < -0.4 is 0 Å². The Morgan fingerprint density at radius 3 is 2.42 bits per heavy atom. The van der Waals surface area contributed by atoms with Crippen molar-refractivity contribution < 1.29 is 47.6 Å². The number of Topliss-reactive ketones (excluding diaryl/α,β-unsaturated/α-hetero) is 2. The van der Waals surface area contributed by atoms with Crippen molar-refractivity contribution in [3.05, 3.63) is 42.2 Å². The Kier molecular flexibility index (Phi) is 13.3. The molecule has 3 saturated heterocycles. The summed E-state index contributed by atoms with van der Waals surface area (Å²) in [6, 6.07) is 4.96. The fourth-order valence-electron chi connectivity index (χ4n) is 8.42. The van der Waals surface area contributed by atoms with E-state index in [-0.39, 0.29) is 44.0 Å². The lowest BCUT2D eigenvalue weighted by Gasteiger charge is -2.47. The quantitative estimate of drug-likeness (QED) is 0.192. The van der Waals surface area contributed by atoms with E-state index in [1.165, 1.54) is 6.92 Å². The van der Waals surface area contributed by atoms with Crippen molar-refractivity contribution in [3.8, 4) is 11.8 Å².